The molecular weight excluding hydrogens is 323 g/mol. The Morgan fingerprint density at radius 2 is 1.75 bits per heavy atom. The summed E-state index contributed by atoms with van der Waals surface area (Å²) >= 11 is 0. The van der Waals surface area contributed by atoms with Crippen molar-refractivity contribution in [3.8, 4) is 0 Å². The van der Waals surface area contributed by atoms with Crippen molar-refractivity contribution in [3.05, 3.63) is 41.4 Å². The van der Waals surface area contributed by atoms with Gasteiger partial charge < -0.3 is 10.3 Å². The maximum Gasteiger partial charge on any atom is 0.0500 e. The van der Waals surface area contributed by atoms with Crippen molar-refractivity contribution in [2.24, 2.45) is 5.92 Å². The minimum absolute atomic E-state index is 0. The molecule has 2 rings (SSSR count). The van der Waals surface area contributed by atoms with Crippen LogP contribution in [0.1, 0.15) is 51.5 Å². The Morgan fingerprint density at radius 3 is 2.35 bits per heavy atom. The van der Waals surface area contributed by atoms with Crippen molar-refractivity contribution in [3.63, 3.8) is 0 Å². The molecule has 1 aromatic rings. The van der Waals surface area contributed by atoms with E-state index in [4.69, 9.17) is 4.84 Å². The van der Waals surface area contributed by atoms with Gasteiger partial charge in [-0.3, -0.25) is 0 Å². The van der Waals surface area contributed by atoms with Crippen LogP contribution in [0.4, 0.5) is 0 Å². The topological polar surface area (TPSA) is 23.3 Å². The molecule has 0 unspecified atom stereocenters. The van der Waals surface area contributed by atoms with Crippen molar-refractivity contribution in [1.82, 2.24) is 0 Å². The molecule has 1 saturated carbocycles. The molecule has 0 aromatic heterocycles. The third-order valence-corrected chi connectivity index (χ3v) is 4.33. The molecule has 0 N–H and O–H groups in total. The molecule has 3 heteroatoms. The number of hydroxylamine groups is 1. The van der Waals surface area contributed by atoms with Gasteiger partial charge in [0, 0.05) is 38.3 Å². The number of nitrogens with zero attached hydrogens (tertiary/aromatic N) is 1. The maximum absolute atomic E-state index is 5.98. The monoisotopic (exact) mass is 349 g/mol. The van der Waals surface area contributed by atoms with Crippen molar-refractivity contribution in [2.75, 3.05) is 6.54 Å². The van der Waals surface area contributed by atoms with E-state index in [-0.39, 0.29) is 38.3 Å². The molecule has 1 aliphatic rings. The van der Waals surface area contributed by atoms with Gasteiger partial charge in [0.15, 0.2) is 0 Å². The zero-order valence-electron chi connectivity index (χ0n) is 12.8. The minimum Gasteiger partial charge on any atom is -0.534 e. The first-order chi connectivity index (χ1) is 9.23. The van der Waals surface area contributed by atoms with Crippen LogP contribution in [0.5, 0.6) is 0 Å². The summed E-state index contributed by atoms with van der Waals surface area (Å²) in [6, 6.07) is 10.5. The van der Waals surface area contributed by atoms with Gasteiger partial charge in [0.2, 0.25) is 0 Å². The second-order valence-corrected chi connectivity index (χ2v) is 5.96. The van der Waals surface area contributed by atoms with E-state index in [1.54, 1.807) is 0 Å². The van der Waals surface area contributed by atoms with E-state index in [1.807, 2.05) is 6.07 Å². The van der Waals surface area contributed by atoms with Gasteiger partial charge >= 0.3 is 0 Å². The molecule has 0 amide bonds. The molecule has 0 aliphatic heterocycles. The first-order valence-corrected chi connectivity index (χ1v) is 7.62. The molecule has 0 spiro atoms. The molecule has 1 aromatic carbocycles. The van der Waals surface area contributed by atoms with Crippen LogP contribution in [-0.2, 0) is 44.0 Å². The summed E-state index contributed by atoms with van der Waals surface area (Å²) in [5.41, 5.74) is 5.72. The number of hydrogen-bond donors (Lipinski definition) is 0. The summed E-state index contributed by atoms with van der Waals surface area (Å²) in [5, 5.41) is 0. The molecule has 1 fully saturated rings. The number of benzene rings is 1. The predicted octanol–water partition coefficient (Wildman–Crippen LogP) is 4.89. The first kappa shape index (κ1) is 18.3. The van der Waals surface area contributed by atoms with Crippen molar-refractivity contribution < 1.29 is 37.5 Å². The average molecular weight is 349 g/mol. The van der Waals surface area contributed by atoms with Crippen LogP contribution >= 0.6 is 0 Å². The largest absolute Gasteiger partial charge is 0.534 e. The molecule has 0 heterocycles. The summed E-state index contributed by atoms with van der Waals surface area (Å²) in [6.45, 7) is 5.29. The van der Waals surface area contributed by atoms with E-state index in [1.165, 1.54) is 37.7 Å². The summed E-state index contributed by atoms with van der Waals surface area (Å²) in [4.78, 5) is 5.98. The van der Waals surface area contributed by atoms with Crippen molar-refractivity contribution in [1.29, 1.82) is 0 Å². The molecular formula is C17H26NOY-. The maximum atomic E-state index is 5.98. The van der Waals surface area contributed by atoms with E-state index < -0.39 is 0 Å². The Kier molecular flexibility index (Phi) is 8.51. The van der Waals surface area contributed by atoms with Crippen LogP contribution in [-0.4, -0.2) is 12.1 Å². The summed E-state index contributed by atoms with van der Waals surface area (Å²) in [6.07, 6.45) is 7.22. The van der Waals surface area contributed by atoms with Gasteiger partial charge in [-0.2, -0.15) is 0 Å². The zero-order chi connectivity index (χ0) is 13.6. The Hall–Kier alpha value is 0.244. The Labute approximate surface area is 148 Å². The van der Waals surface area contributed by atoms with Crippen LogP contribution in [0, 0.1) is 5.92 Å². The molecule has 20 heavy (non-hydrogen) atoms. The van der Waals surface area contributed by atoms with Crippen LogP contribution in [0.2, 0.25) is 0 Å². The molecule has 0 bridgehead atoms. The van der Waals surface area contributed by atoms with E-state index in [2.05, 4.69) is 43.6 Å². The molecule has 1 aliphatic carbocycles. The summed E-state index contributed by atoms with van der Waals surface area (Å²) < 4.78 is 0. The van der Waals surface area contributed by atoms with Gasteiger partial charge in [-0.25, -0.2) is 0 Å². The Balaban J connectivity index is 0.00000200. The van der Waals surface area contributed by atoms with E-state index in [0.717, 1.165) is 13.0 Å². The molecule has 0 atom stereocenters. The van der Waals surface area contributed by atoms with Crippen LogP contribution < -0.4 is 0 Å². The molecule has 1 radical (unpaired) electrons. The van der Waals surface area contributed by atoms with Gasteiger partial charge in [0.1, 0.15) is 0 Å². The number of rotatable bonds is 6. The molecule has 109 valence electrons. The third-order valence-electron chi connectivity index (χ3n) is 4.33. The van der Waals surface area contributed by atoms with Crippen molar-refractivity contribution >= 4 is 0 Å². The average Bonchev–Trinajstić information content (AvgIpc) is 2.46. The smallest absolute Gasteiger partial charge is 0.0500 e. The third kappa shape index (κ3) is 5.22. The van der Waals surface area contributed by atoms with Gasteiger partial charge in [-0.05, 0) is 30.7 Å². The Morgan fingerprint density at radius 1 is 1.10 bits per heavy atom. The number of hydrogen-bond acceptors (Lipinski definition) is 1. The SMILES string of the molecule is CC(C)C1(O[N-]CCc2ccccc2)CCCCC1.[Y]. The van der Waals surface area contributed by atoms with Gasteiger partial charge in [0.05, 0.1) is 0 Å². The summed E-state index contributed by atoms with van der Waals surface area (Å²) in [5.74, 6) is 0.549. The minimum atomic E-state index is 0. The van der Waals surface area contributed by atoms with Gasteiger partial charge in [-0.15, -0.1) is 6.54 Å². The summed E-state index contributed by atoms with van der Waals surface area (Å²) in [7, 11) is 0. The van der Waals surface area contributed by atoms with E-state index in [9.17, 15) is 0 Å². The zero-order valence-corrected chi connectivity index (χ0v) is 15.7. The van der Waals surface area contributed by atoms with E-state index in [0.29, 0.717) is 5.92 Å². The quantitative estimate of drug-likeness (QED) is 0.530. The van der Waals surface area contributed by atoms with Crippen LogP contribution in [0.15, 0.2) is 30.3 Å². The first-order valence-electron chi connectivity index (χ1n) is 7.62. The fourth-order valence-electron chi connectivity index (χ4n) is 2.92. The predicted molar refractivity (Wildman–Crippen MR) is 80.1 cm³/mol. The normalized spacial score (nSPS) is 17.8. The van der Waals surface area contributed by atoms with E-state index >= 15 is 0 Å². The second kappa shape index (κ2) is 9.30. The fourth-order valence-corrected chi connectivity index (χ4v) is 2.92. The van der Waals surface area contributed by atoms with Gasteiger partial charge in [-0.1, -0.05) is 63.4 Å². The second-order valence-electron chi connectivity index (χ2n) is 5.96. The Bertz CT molecular complexity index is 361. The molecule has 0 saturated heterocycles. The fraction of sp³-hybridized carbons (Fsp3) is 0.647. The van der Waals surface area contributed by atoms with Gasteiger partial charge in [0.25, 0.3) is 0 Å². The van der Waals surface area contributed by atoms with Crippen LogP contribution in [0.3, 0.4) is 0 Å². The standard InChI is InChI=1S/C17H26NO.Y/c1-15(2)17(12-7-4-8-13-17)19-18-14-11-16-9-5-3-6-10-16;/h3,5-6,9-10,15H,4,7-8,11-14H2,1-2H3;/q-1;. The molecule has 2 nitrogen and oxygen atoms in total. The van der Waals surface area contributed by atoms with Crippen LogP contribution in [0.25, 0.3) is 5.48 Å². The van der Waals surface area contributed by atoms with Crippen molar-refractivity contribution in [2.45, 2.75) is 58.0 Å².